The largest absolute Gasteiger partial charge is 0.389 e. The molecule has 0 spiro atoms. The molecule has 2 heterocycles. The summed E-state index contributed by atoms with van der Waals surface area (Å²) in [4.78, 5) is 2.47. The van der Waals surface area contributed by atoms with Gasteiger partial charge in [-0.1, -0.05) is 41.9 Å². The standard InChI is InChI=1S/C23H36FNO2/c1-3-19(17-23(26)8-12-27-13-9-23)5-4-18(2)14-20-6-10-25(11-7-20)22-15-21(24)16-22/h4-5,14,21-22,26H,3,6-13,15-17H2,1-2H3. The zero-order valence-corrected chi connectivity index (χ0v) is 17.1. The molecule has 4 heteroatoms. The van der Waals surface area contributed by atoms with Gasteiger partial charge in [0.25, 0.3) is 0 Å². The Hall–Kier alpha value is -0.970. The summed E-state index contributed by atoms with van der Waals surface area (Å²) in [6, 6.07) is 0.490. The molecule has 0 amide bonds. The molecule has 3 fully saturated rings. The van der Waals surface area contributed by atoms with Crippen molar-refractivity contribution in [2.75, 3.05) is 26.3 Å². The van der Waals surface area contributed by atoms with Crippen LogP contribution in [0.1, 0.15) is 65.2 Å². The second-order valence-corrected chi connectivity index (χ2v) is 8.66. The minimum absolute atomic E-state index is 0.490. The first-order valence-electron chi connectivity index (χ1n) is 10.7. The monoisotopic (exact) mass is 377 g/mol. The van der Waals surface area contributed by atoms with E-state index in [1.165, 1.54) is 16.7 Å². The zero-order valence-electron chi connectivity index (χ0n) is 17.1. The van der Waals surface area contributed by atoms with Crippen LogP contribution in [0.2, 0.25) is 0 Å². The molecule has 0 atom stereocenters. The summed E-state index contributed by atoms with van der Waals surface area (Å²) in [6.45, 7) is 7.79. The Morgan fingerprint density at radius 2 is 1.89 bits per heavy atom. The molecule has 2 aliphatic heterocycles. The molecule has 3 rings (SSSR count). The topological polar surface area (TPSA) is 32.7 Å². The van der Waals surface area contributed by atoms with Gasteiger partial charge in [0, 0.05) is 32.3 Å². The van der Waals surface area contributed by atoms with Gasteiger partial charge in [-0.3, -0.25) is 4.90 Å². The van der Waals surface area contributed by atoms with E-state index in [1.54, 1.807) is 0 Å². The zero-order chi connectivity index (χ0) is 19.3. The predicted molar refractivity (Wildman–Crippen MR) is 109 cm³/mol. The molecule has 0 aromatic heterocycles. The Morgan fingerprint density at radius 1 is 1.22 bits per heavy atom. The Kier molecular flexibility index (Phi) is 7.29. The third kappa shape index (κ3) is 6.00. The first-order chi connectivity index (χ1) is 13.0. The van der Waals surface area contributed by atoms with E-state index >= 15 is 0 Å². The van der Waals surface area contributed by atoms with Crippen LogP contribution in [0.15, 0.2) is 34.9 Å². The van der Waals surface area contributed by atoms with Crippen molar-refractivity contribution in [1.29, 1.82) is 0 Å². The molecule has 0 aromatic carbocycles. The van der Waals surface area contributed by atoms with Crippen LogP contribution in [-0.4, -0.2) is 54.1 Å². The number of hydrogen-bond donors (Lipinski definition) is 1. The van der Waals surface area contributed by atoms with Gasteiger partial charge in [-0.15, -0.1) is 0 Å². The molecule has 3 nitrogen and oxygen atoms in total. The fourth-order valence-corrected chi connectivity index (χ4v) is 4.41. The van der Waals surface area contributed by atoms with Crippen molar-refractivity contribution in [3.63, 3.8) is 0 Å². The lowest BCUT2D eigenvalue weighted by molar-refractivity contribution is -0.0628. The van der Waals surface area contributed by atoms with Gasteiger partial charge in [-0.2, -0.15) is 0 Å². The maximum absolute atomic E-state index is 13.0. The van der Waals surface area contributed by atoms with Gasteiger partial charge in [0.15, 0.2) is 0 Å². The van der Waals surface area contributed by atoms with Crippen LogP contribution in [0.4, 0.5) is 4.39 Å². The summed E-state index contributed by atoms with van der Waals surface area (Å²) in [6.07, 6.45) is 13.0. The number of rotatable bonds is 6. The molecule has 0 bridgehead atoms. The van der Waals surface area contributed by atoms with Gasteiger partial charge in [-0.25, -0.2) is 4.39 Å². The fourth-order valence-electron chi connectivity index (χ4n) is 4.41. The number of ether oxygens (including phenoxy) is 1. The highest BCUT2D eigenvalue weighted by Gasteiger charge is 2.34. The summed E-state index contributed by atoms with van der Waals surface area (Å²) in [5, 5.41) is 10.7. The Morgan fingerprint density at radius 3 is 2.48 bits per heavy atom. The van der Waals surface area contributed by atoms with E-state index in [1.807, 2.05) is 0 Å². The lowest BCUT2D eigenvalue weighted by Gasteiger charge is -2.42. The third-order valence-corrected chi connectivity index (χ3v) is 6.46. The molecular weight excluding hydrogens is 341 g/mol. The summed E-state index contributed by atoms with van der Waals surface area (Å²) in [5.74, 6) is 0. The predicted octanol–water partition coefficient (Wildman–Crippen LogP) is 4.72. The van der Waals surface area contributed by atoms with Crippen LogP contribution in [-0.2, 0) is 4.74 Å². The lowest BCUT2D eigenvalue weighted by Crippen LogP contribution is -2.48. The number of allylic oxidation sites excluding steroid dienone is 4. The smallest absolute Gasteiger partial charge is 0.103 e. The van der Waals surface area contributed by atoms with Crippen LogP contribution < -0.4 is 0 Å². The molecule has 1 N–H and O–H groups in total. The van der Waals surface area contributed by atoms with E-state index in [0.29, 0.717) is 19.3 Å². The number of alkyl halides is 1. The summed E-state index contributed by atoms with van der Waals surface area (Å²) in [7, 11) is 0. The Bertz CT molecular complexity index is 573. The van der Waals surface area contributed by atoms with Crippen LogP contribution in [0.25, 0.3) is 0 Å². The first kappa shape index (κ1) is 20.8. The highest BCUT2D eigenvalue weighted by Crippen LogP contribution is 2.32. The van der Waals surface area contributed by atoms with Crippen LogP contribution in [0, 0.1) is 0 Å². The van der Waals surface area contributed by atoms with E-state index in [4.69, 9.17) is 4.74 Å². The van der Waals surface area contributed by atoms with Gasteiger partial charge in [0.1, 0.15) is 6.17 Å². The number of hydrogen-bond acceptors (Lipinski definition) is 3. The third-order valence-electron chi connectivity index (χ3n) is 6.46. The number of halogens is 1. The van der Waals surface area contributed by atoms with Crippen molar-refractivity contribution in [2.24, 2.45) is 0 Å². The number of piperidine rings is 1. The maximum Gasteiger partial charge on any atom is 0.103 e. The highest BCUT2D eigenvalue weighted by atomic mass is 19.1. The number of likely N-dealkylation sites (tertiary alicyclic amines) is 1. The minimum atomic E-state index is -0.590. The number of aliphatic hydroxyl groups is 1. The van der Waals surface area contributed by atoms with Gasteiger partial charge in [0.05, 0.1) is 5.60 Å². The summed E-state index contributed by atoms with van der Waals surface area (Å²) < 4.78 is 18.4. The second kappa shape index (κ2) is 9.49. The van der Waals surface area contributed by atoms with Crippen molar-refractivity contribution in [3.05, 3.63) is 34.9 Å². The molecule has 2 saturated heterocycles. The SMILES string of the molecule is CCC(=CC=C(C)C=C1CCN(C2CC(F)C2)CC1)CC1(O)CCOCC1. The number of nitrogens with zero attached hydrogens (tertiary/aromatic N) is 1. The quantitative estimate of drug-likeness (QED) is 0.680. The fraction of sp³-hybridized carbons (Fsp3) is 0.739. The molecule has 3 aliphatic rings. The summed E-state index contributed by atoms with van der Waals surface area (Å²) in [5.41, 5.74) is 3.49. The normalized spacial score (nSPS) is 30.1. The first-order valence-corrected chi connectivity index (χ1v) is 10.7. The van der Waals surface area contributed by atoms with E-state index in [2.05, 4.69) is 37.0 Å². The average Bonchev–Trinajstić information content (AvgIpc) is 2.64. The highest BCUT2D eigenvalue weighted by molar-refractivity contribution is 5.28. The van der Waals surface area contributed by atoms with Crippen LogP contribution >= 0.6 is 0 Å². The molecule has 152 valence electrons. The Labute approximate surface area is 164 Å². The Balaban J connectivity index is 1.51. The van der Waals surface area contributed by atoms with Crippen LogP contribution in [0.3, 0.4) is 0 Å². The van der Waals surface area contributed by atoms with Gasteiger partial charge < -0.3 is 9.84 Å². The summed E-state index contributed by atoms with van der Waals surface area (Å²) >= 11 is 0. The van der Waals surface area contributed by atoms with E-state index in [-0.39, 0.29) is 0 Å². The van der Waals surface area contributed by atoms with Crippen molar-refractivity contribution in [3.8, 4) is 0 Å². The molecule has 1 saturated carbocycles. The molecule has 0 radical (unpaired) electrons. The average molecular weight is 378 g/mol. The van der Waals surface area contributed by atoms with E-state index < -0.39 is 11.8 Å². The molecule has 0 unspecified atom stereocenters. The minimum Gasteiger partial charge on any atom is -0.389 e. The van der Waals surface area contributed by atoms with Crippen molar-refractivity contribution < 1.29 is 14.2 Å². The lowest BCUT2D eigenvalue weighted by atomic mass is 9.86. The van der Waals surface area contributed by atoms with Crippen LogP contribution in [0.5, 0.6) is 0 Å². The second-order valence-electron chi connectivity index (χ2n) is 8.66. The molecule has 0 aromatic rings. The van der Waals surface area contributed by atoms with E-state index in [9.17, 15) is 9.50 Å². The van der Waals surface area contributed by atoms with Crippen molar-refractivity contribution in [2.45, 2.75) is 83.0 Å². The molecule has 1 aliphatic carbocycles. The van der Waals surface area contributed by atoms with Crippen molar-refractivity contribution in [1.82, 2.24) is 4.90 Å². The molecular formula is C23H36FNO2. The van der Waals surface area contributed by atoms with Crippen molar-refractivity contribution >= 4 is 0 Å². The van der Waals surface area contributed by atoms with Gasteiger partial charge in [-0.05, 0) is 58.3 Å². The maximum atomic E-state index is 13.0. The van der Waals surface area contributed by atoms with Gasteiger partial charge >= 0.3 is 0 Å². The van der Waals surface area contributed by atoms with E-state index in [0.717, 1.165) is 64.5 Å². The van der Waals surface area contributed by atoms with Gasteiger partial charge in [0.2, 0.25) is 0 Å². The molecule has 27 heavy (non-hydrogen) atoms.